The first kappa shape index (κ1) is 13.4. The summed E-state index contributed by atoms with van der Waals surface area (Å²) in [6, 6.07) is 7.66. The molecule has 3 aromatic rings. The zero-order valence-corrected chi connectivity index (χ0v) is 12.1. The Morgan fingerprint density at radius 1 is 1.33 bits per heavy atom. The van der Waals surface area contributed by atoms with E-state index in [4.69, 9.17) is 4.74 Å². The Morgan fingerprint density at radius 3 is 3.05 bits per heavy atom. The van der Waals surface area contributed by atoms with E-state index in [-0.39, 0.29) is 0 Å². The fourth-order valence-corrected chi connectivity index (χ4v) is 2.39. The van der Waals surface area contributed by atoms with Gasteiger partial charge in [0.25, 0.3) is 0 Å². The third-order valence-electron chi connectivity index (χ3n) is 2.67. The molecular weight excluding hydrogens is 288 g/mol. The highest BCUT2D eigenvalue weighted by atomic mass is 32.1. The van der Waals surface area contributed by atoms with Gasteiger partial charge in [-0.15, -0.1) is 10.2 Å². The first-order chi connectivity index (χ1) is 10.3. The van der Waals surface area contributed by atoms with Crippen molar-refractivity contribution in [1.29, 1.82) is 0 Å². The van der Waals surface area contributed by atoms with Crippen molar-refractivity contribution in [2.75, 3.05) is 7.11 Å². The molecule has 0 amide bonds. The number of hydrogen-bond acceptors (Lipinski definition) is 7. The van der Waals surface area contributed by atoms with E-state index >= 15 is 0 Å². The highest BCUT2D eigenvalue weighted by molar-refractivity contribution is 7.14. The SMILES string of the molecule is COc1ccccc1/C=N/c1nnc(Cn2cncn2)s1. The number of aliphatic imine (C=N–C) groups is 1. The van der Waals surface area contributed by atoms with Gasteiger partial charge in [-0.3, -0.25) is 0 Å². The van der Waals surface area contributed by atoms with E-state index in [1.807, 2.05) is 24.3 Å². The van der Waals surface area contributed by atoms with Crippen molar-refractivity contribution in [1.82, 2.24) is 25.0 Å². The van der Waals surface area contributed by atoms with E-state index in [9.17, 15) is 0 Å². The Labute approximate surface area is 125 Å². The summed E-state index contributed by atoms with van der Waals surface area (Å²) >= 11 is 1.41. The highest BCUT2D eigenvalue weighted by Gasteiger charge is 2.04. The summed E-state index contributed by atoms with van der Waals surface area (Å²) < 4.78 is 6.96. The minimum Gasteiger partial charge on any atom is -0.496 e. The molecule has 2 aromatic heterocycles. The van der Waals surface area contributed by atoms with Crippen LogP contribution in [0.2, 0.25) is 0 Å². The van der Waals surface area contributed by atoms with Gasteiger partial charge in [0.05, 0.1) is 13.7 Å². The molecule has 8 heteroatoms. The Hall–Kier alpha value is -2.61. The van der Waals surface area contributed by atoms with Crippen LogP contribution in [0, 0.1) is 0 Å². The number of rotatable bonds is 5. The lowest BCUT2D eigenvalue weighted by atomic mass is 10.2. The number of benzene rings is 1. The van der Waals surface area contributed by atoms with E-state index in [2.05, 4.69) is 25.3 Å². The van der Waals surface area contributed by atoms with Gasteiger partial charge >= 0.3 is 0 Å². The smallest absolute Gasteiger partial charge is 0.231 e. The van der Waals surface area contributed by atoms with Gasteiger partial charge in [0.2, 0.25) is 5.13 Å². The summed E-state index contributed by atoms with van der Waals surface area (Å²) in [4.78, 5) is 8.21. The minimum absolute atomic E-state index is 0.543. The fraction of sp³-hybridized carbons (Fsp3) is 0.154. The molecule has 0 spiro atoms. The van der Waals surface area contributed by atoms with E-state index in [1.165, 1.54) is 17.7 Å². The molecule has 2 heterocycles. The standard InChI is InChI=1S/C13H12N6OS/c1-20-11-5-3-2-4-10(11)6-15-13-18-17-12(21-13)7-19-9-14-8-16-19/h2-6,8-9H,7H2,1H3/b15-6+. The molecule has 0 aliphatic heterocycles. The molecule has 3 rings (SSSR count). The van der Waals surface area contributed by atoms with E-state index in [0.717, 1.165) is 16.3 Å². The monoisotopic (exact) mass is 300 g/mol. The molecule has 0 aliphatic rings. The molecule has 7 nitrogen and oxygen atoms in total. The third kappa shape index (κ3) is 3.29. The summed E-state index contributed by atoms with van der Waals surface area (Å²) in [5.41, 5.74) is 0.896. The van der Waals surface area contributed by atoms with E-state index in [0.29, 0.717) is 11.7 Å². The summed E-state index contributed by atoms with van der Waals surface area (Å²) in [6.07, 6.45) is 4.85. The Bertz CT molecular complexity index is 737. The number of hydrogen-bond donors (Lipinski definition) is 0. The van der Waals surface area contributed by atoms with Crippen LogP contribution in [-0.2, 0) is 6.54 Å². The van der Waals surface area contributed by atoms with Crippen molar-refractivity contribution >= 4 is 22.7 Å². The lowest BCUT2D eigenvalue weighted by molar-refractivity contribution is 0.414. The third-order valence-corrected chi connectivity index (χ3v) is 3.49. The average molecular weight is 300 g/mol. The van der Waals surface area contributed by atoms with Crippen molar-refractivity contribution in [3.63, 3.8) is 0 Å². The molecule has 0 fully saturated rings. The van der Waals surface area contributed by atoms with Gasteiger partial charge in [0.15, 0.2) is 0 Å². The molecule has 0 saturated heterocycles. The van der Waals surface area contributed by atoms with Crippen molar-refractivity contribution in [2.45, 2.75) is 6.54 Å². The van der Waals surface area contributed by atoms with Gasteiger partial charge in [-0.05, 0) is 12.1 Å². The molecule has 0 saturated carbocycles. The largest absolute Gasteiger partial charge is 0.496 e. The number of para-hydroxylation sites is 1. The molecule has 21 heavy (non-hydrogen) atoms. The fourth-order valence-electron chi connectivity index (χ4n) is 1.71. The van der Waals surface area contributed by atoms with Crippen LogP contribution in [-0.4, -0.2) is 38.3 Å². The molecule has 0 bridgehead atoms. The maximum Gasteiger partial charge on any atom is 0.231 e. The van der Waals surface area contributed by atoms with E-state index in [1.54, 1.807) is 24.3 Å². The van der Waals surface area contributed by atoms with Crippen LogP contribution in [0.15, 0.2) is 41.9 Å². The zero-order valence-electron chi connectivity index (χ0n) is 11.2. The lowest BCUT2D eigenvalue weighted by Gasteiger charge is -2.01. The molecular formula is C13H12N6OS. The normalized spacial score (nSPS) is 11.1. The lowest BCUT2D eigenvalue weighted by Crippen LogP contribution is -1.99. The van der Waals surface area contributed by atoms with Gasteiger partial charge in [-0.25, -0.2) is 14.7 Å². The molecule has 0 N–H and O–H groups in total. The first-order valence-electron chi connectivity index (χ1n) is 6.17. The minimum atomic E-state index is 0.543. The number of nitrogens with zero attached hydrogens (tertiary/aromatic N) is 6. The molecule has 106 valence electrons. The van der Waals surface area contributed by atoms with Crippen LogP contribution in [0.4, 0.5) is 5.13 Å². The zero-order chi connectivity index (χ0) is 14.5. The second kappa shape index (κ2) is 6.23. The second-order valence-electron chi connectivity index (χ2n) is 4.07. The quantitative estimate of drug-likeness (QED) is 0.673. The predicted octanol–water partition coefficient (Wildman–Crippen LogP) is 1.94. The molecule has 0 atom stereocenters. The van der Waals surface area contributed by atoms with Gasteiger partial charge in [-0.2, -0.15) is 5.10 Å². The summed E-state index contributed by atoms with van der Waals surface area (Å²) in [5.74, 6) is 0.772. The van der Waals surface area contributed by atoms with Crippen LogP contribution < -0.4 is 4.74 Å². The van der Waals surface area contributed by atoms with Crippen LogP contribution in [0.1, 0.15) is 10.6 Å². The summed E-state index contributed by atoms with van der Waals surface area (Å²) in [5, 5.41) is 13.6. The highest BCUT2D eigenvalue weighted by Crippen LogP contribution is 2.21. The second-order valence-corrected chi connectivity index (χ2v) is 5.11. The van der Waals surface area contributed by atoms with Crippen LogP contribution in [0.3, 0.4) is 0 Å². The van der Waals surface area contributed by atoms with E-state index < -0.39 is 0 Å². The van der Waals surface area contributed by atoms with Crippen LogP contribution in [0.5, 0.6) is 5.75 Å². The summed E-state index contributed by atoms with van der Waals surface area (Å²) in [6.45, 7) is 0.543. The number of ether oxygens (including phenoxy) is 1. The van der Waals surface area contributed by atoms with Crippen molar-refractivity contribution in [3.8, 4) is 5.75 Å². The topological polar surface area (TPSA) is 78.1 Å². The Morgan fingerprint density at radius 2 is 2.24 bits per heavy atom. The van der Waals surface area contributed by atoms with Gasteiger partial charge in [0, 0.05) is 11.8 Å². The Kier molecular flexibility index (Phi) is 3.97. The molecule has 1 aromatic carbocycles. The molecule has 0 aliphatic carbocycles. The number of aromatic nitrogens is 5. The molecule has 0 radical (unpaired) electrons. The van der Waals surface area contributed by atoms with Crippen molar-refractivity contribution in [3.05, 3.63) is 47.5 Å². The first-order valence-corrected chi connectivity index (χ1v) is 6.98. The van der Waals surface area contributed by atoms with Crippen LogP contribution >= 0.6 is 11.3 Å². The van der Waals surface area contributed by atoms with Crippen molar-refractivity contribution < 1.29 is 4.74 Å². The molecule has 0 unspecified atom stereocenters. The van der Waals surface area contributed by atoms with Crippen molar-refractivity contribution in [2.24, 2.45) is 4.99 Å². The maximum atomic E-state index is 5.27. The average Bonchev–Trinajstić information content (AvgIpc) is 3.18. The van der Waals surface area contributed by atoms with Gasteiger partial charge in [0.1, 0.15) is 23.4 Å². The van der Waals surface area contributed by atoms with Gasteiger partial charge < -0.3 is 4.74 Å². The maximum absolute atomic E-state index is 5.27. The predicted molar refractivity (Wildman–Crippen MR) is 79.3 cm³/mol. The van der Waals surface area contributed by atoms with Gasteiger partial charge in [-0.1, -0.05) is 23.5 Å². The Balaban J connectivity index is 1.73. The van der Waals surface area contributed by atoms with Crippen LogP contribution in [0.25, 0.3) is 0 Å². The number of methoxy groups -OCH3 is 1. The summed E-state index contributed by atoms with van der Waals surface area (Å²) in [7, 11) is 1.63.